The summed E-state index contributed by atoms with van der Waals surface area (Å²) in [5.74, 6) is -1.21. The quantitative estimate of drug-likeness (QED) is 0.664. The molecule has 5 heteroatoms. The summed E-state index contributed by atoms with van der Waals surface area (Å²) in [5, 5.41) is 2.88. The van der Waals surface area contributed by atoms with E-state index in [0.29, 0.717) is 17.7 Å². The van der Waals surface area contributed by atoms with Gasteiger partial charge in [0.1, 0.15) is 6.04 Å². The van der Waals surface area contributed by atoms with Crippen molar-refractivity contribution in [2.45, 2.75) is 19.0 Å². The Morgan fingerprint density at radius 3 is 1.76 bits per heavy atom. The Labute approximate surface area is 169 Å². The van der Waals surface area contributed by atoms with E-state index < -0.39 is 17.9 Å². The minimum atomic E-state index is -0.923. The maximum Gasteiger partial charge on any atom is 0.262 e. The largest absolute Gasteiger partial charge is 0.350 e. The standard InChI is InChI=1S/C24H20N2O3/c27-22(25-16-18-11-5-2-6-12-18)21(15-17-9-3-1-4-10-17)26-23(28)19-13-7-8-14-20(19)24(26)29/h1-14,21H,15-16H2,(H,25,27)/t21-/m0/s1. The van der Waals surface area contributed by atoms with Crippen molar-refractivity contribution < 1.29 is 14.4 Å². The van der Waals surface area contributed by atoms with E-state index in [1.54, 1.807) is 24.3 Å². The summed E-state index contributed by atoms with van der Waals surface area (Å²) in [6.07, 6.45) is 0.257. The molecular weight excluding hydrogens is 364 g/mol. The van der Waals surface area contributed by atoms with Crippen LogP contribution >= 0.6 is 0 Å². The van der Waals surface area contributed by atoms with Gasteiger partial charge in [0.05, 0.1) is 11.1 Å². The fourth-order valence-electron chi connectivity index (χ4n) is 3.53. The lowest BCUT2D eigenvalue weighted by molar-refractivity contribution is -0.125. The second-order valence-electron chi connectivity index (χ2n) is 6.93. The van der Waals surface area contributed by atoms with Crippen molar-refractivity contribution in [3.63, 3.8) is 0 Å². The first-order valence-electron chi connectivity index (χ1n) is 9.47. The third-order valence-corrected chi connectivity index (χ3v) is 5.02. The number of carbonyl (C=O) groups is 3. The zero-order valence-corrected chi connectivity index (χ0v) is 15.7. The molecule has 1 aliphatic rings. The van der Waals surface area contributed by atoms with Gasteiger partial charge in [-0.15, -0.1) is 0 Å². The van der Waals surface area contributed by atoms with Gasteiger partial charge >= 0.3 is 0 Å². The van der Waals surface area contributed by atoms with E-state index in [1.807, 2.05) is 60.7 Å². The fraction of sp³-hybridized carbons (Fsp3) is 0.125. The van der Waals surface area contributed by atoms with Crippen LogP contribution in [0.1, 0.15) is 31.8 Å². The third-order valence-electron chi connectivity index (χ3n) is 5.02. The van der Waals surface area contributed by atoms with E-state index in [4.69, 9.17) is 0 Å². The van der Waals surface area contributed by atoms with Crippen molar-refractivity contribution in [3.05, 3.63) is 107 Å². The van der Waals surface area contributed by atoms with Gasteiger partial charge in [0.25, 0.3) is 11.8 Å². The Bertz CT molecular complexity index is 1010. The van der Waals surface area contributed by atoms with Gasteiger partial charge < -0.3 is 5.32 Å². The van der Waals surface area contributed by atoms with E-state index in [0.717, 1.165) is 16.0 Å². The average Bonchev–Trinajstić information content (AvgIpc) is 3.02. The molecule has 1 atom stereocenters. The first-order chi connectivity index (χ1) is 14.1. The number of imide groups is 1. The van der Waals surface area contributed by atoms with Gasteiger partial charge in [0.15, 0.2) is 0 Å². The summed E-state index contributed by atoms with van der Waals surface area (Å²) in [5.41, 5.74) is 2.50. The molecule has 0 aromatic heterocycles. The van der Waals surface area contributed by atoms with Crippen LogP contribution in [-0.2, 0) is 17.8 Å². The fourth-order valence-corrected chi connectivity index (χ4v) is 3.53. The predicted molar refractivity (Wildman–Crippen MR) is 109 cm³/mol. The molecule has 0 fully saturated rings. The molecule has 0 radical (unpaired) electrons. The lowest BCUT2D eigenvalue weighted by atomic mass is 10.0. The molecule has 1 N–H and O–H groups in total. The topological polar surface area (TPSA) is 66.5 Å². The van der Waals surface area contributed by atoms with Crippen molar-refractivity contribution in [1.82, 2.24) is 10.2 Å². The molecule has 3 aromatic carbocycles. The first kappa shape index (κ1) is 18.6. The van der Waals surface area contributed by atoms with Crippen LogP contribution in [-0.4, -0.2) is 28.7 Å². The summed E-state index contributed by atoms with van der Waals surface area (Å²) >= 11 is 0. The van der Waals surface area contributed by atoms with Crippen molar-refractivity contribution in [2.75, 3.05) is 0 Å². The van der Waals surface area contributed by atoms with Gasteiger partial charge in [0, 0.05) is 13.0 Å². The van der Waals surface area contributed by atoms with Crippen LogP contribution in [0.4, 0.5) is 0 Å². The molecule has 3 amide bonds. The highest BCUT2D eigenvalue weighted by Crippen LogP contribution is 2.26. The first-order valence-corrected chi connectivity index (χ1v) is 9.47. The highest BCUT2D eigenvalue weighted by Gasteiger charge is 2.42. The molecule has 0 aliphatic carbocycles. The molecule has 0 saturated carbocycles. The monoisotopic (exact) mass is 384 g/mol. The summed E-state index contributed by atoms with van der Waals surface area (Å²) in [6.45, 7) is 0.328. The number of nitrogens with one attached hydrogen (secondary N) is 1. The van der Waals surface area contributed by atoms with E-state index in [9.17, 15) is 14.4 Å². The zero-order chi connectivity index (χ0) is 20.2. The lowest BCUT2D eigenvalue weighted by Crippen LogP contribution is -2.50. The van der Waals surface area contributed by atoms with Crippen LogP contribution in [0.2, 0.25) is 0 Å². The van der Waals surface area contributed by atoms with Crippen LogP contribution in [0.3, 0.4) is 0 Å². The molecule has 0 spiro atoms. The maximum atomic E-state index is 13.1. The molecule has 0 unspecified atom stereocenters. The second-order valence-corrected chi connectivity index (χ2v) is 6.93. The molecule has 5 nitrogen and oxygen atoms in total. The van der Waals surface area contributed by atoms with Gasteiger partial charge in [-0.2, -0.15) is 0 Å². The van der Waals surface area contributed by atoms with Crippen molar-refractivity contribution >= 4 is 17.7 Å². The van der Waals surface area contributed by atoms with Crippen LogP contribution in [0.25, 0.3) is 0 Å². The smallest absolute Gasteiger partial charge is 0.262 e. The van der Waals surface area contributed by atoms with Crippen molar-refractivity contribution in [3.8, 4) is 0 Å². The predicted octanol–water partition coefficient (Wildman–Crippen LogP) is 3.21. The van der Waals surface area contributed by atoms with E-state index in [1.165, 1.54) is 0 Å². The van der Waals surface area contributed by atoms with E-state index >= 15 is 0 Å². The average molecular weight is 384 g/mol. The Kier molecular flexibility index (Phi) is 5.20. The highest BCUT2D eigenvalue weighted by molar-refractivity contribution is 6.22. The number of nitrogens with zero attached hydrogens (tertiary/aromatic N) is 1. The van der Waals surface area contributed by atoms with Gasteiger partial charge in [-0.05, 0) is 23.3 Å². The van der Waals surface area contributed by atoms with Crippen LogP contribution in [0.5, 0.6) is 0 Å². The second kappa shape index (κ2) is 8.10. The maximum absolute atomic E-state index is 13.1. The third kappa shape index (κ3) is 3.80. The molecular formula is C24H20N2O3. The van der Waals surface area contributed by atoms with Crippen LogP contribution in [0, 0.1) is 0 Å². The highest BCUT2D eigenvalue weighted by atomic mass is 16.2. The Hall–Kier alpha value is -3.73. The van der Waals surface area contributed by atoms with Gasteiger partial charge in [0.2, 0.25) is 5.91 Å². The molecule has 0 bridgehead atoms. The van der Waals surface area contributed by atoms with Gasteiger partial charge in [-0.1, -0.05) is 72.8 Å². The summed E-state index contributed by atoms with van der Waals surface area (Å²) in [7, 11) is 0. The molecule has 4 rings (SSSR count). The number of benzene rings is 3. The number of rotatable bonds is 6. The molecule has 0 saturated heterocycles. The molecule has 3 aromatic rings. The van der Waals surface area contributed by atoms with E-state index in [-0.39, 0.29) is 12.3 Å². The number of fused-ring (bicyclic) bond motifs is 1. The van der Waals surface area contributed by atoms with E-state index in [2.05, 4.69) is 5.32 Å². The molecule has 1 aliphatic heterocycles. The minimum Gasteiger partial charge on any atom is -0.350 e. The van der Waals surface area contributed by atoms with Crippen LogP contribution in [0.15, 0.2) is 84.9 Å². The van der Waals surface area contributed by atoms with Crippen molar-refractivity contribution in [1.29, 1.82) is 0 Å². The number of amides is 3. The molecule has 144 valence electrons. The number of carbonyl (C=O) groups excluding carboxylic acids is 3. The van der Waals surface area contributed by atoms with Crippen molar-refractivity contribution in [2.24, 2.45) is 0 Å². The minimum absolute atomic E-state index is 0.257. The molecule has 1 heterocycles. The summed E-state index contributed by atoms with van der Waals surface area (Å²) in [4.78, 5) is 40.1. The summed E-state index contributed by atoms with van der Waals surface area (Å²) in [6, 6.07) is 24.7. The molecule has 29 heavy (non-hydrogen) atoms. The zero-order valence-electron chi connectivity index (χ0n) is 15.7. The normalized spacial score (nSPS) is 13.9. The lowest BCUT2D eigenvalue weighted by Gasteiger charge is -2.25. The summed E-state index contributed by atoms with van der Waals surface area (Å²) < 4.78 is 0. The van der Waals surface area contributed by atoms with Gasteiger partial charge in [-0.25, -0.2) is 0 Å². The Balaban J connectivity index is 1.61. The van der Waals surface area contributed by atoms with Crippen LogP contribution < -0.4 is 5.32 Å². The van der Waals surface area contributed by atoms with Gasteiger partial charge in [-0.3, -0.25) is 19.3 Å². The number of hydrogen-bond acceptors (Lipinski definition) is 3. The SMILES string of the molecule is O=C(NCc1ccccc1)[C@H](Cc1ccccc1)N1C(=O)c2ccccc2C1=O. The number of hydrogen-bond donors (Lipinski definition) is 1. The Morgan fingerprint density at radius 2 is 1.21 bits per heavy atom. The Morgan fingerprint density at radius 1 is 0.724 bits per heavy atom.